The summed E-state index contributed by atoms with van der Waals surface area (Å²) in [5.74, 6) is 2.58. The molecule has 6 heteroatoms. The van der Waals surface area contributed by atoms with Crippen molar-refractivity contribution in [2.24, 2.45) is 0 Å². The van der Waals surface area contributed by atoms with Crippen LogP contribution in [0.3, 0.4) is 0 Å². The first kappa shape index (κ1) is 15.6. The average molecular weight is 341 g/mol. The van der Waals surface area contributed by atoms with Gasteiger partial charge in [-0.25, -0.2) is 0 Å². The van der Waals surface area contributed by atoms with E-state index in [9.17, 15) is 4.79 Å². The van der Waals surface area contributed by atoms with Gasteiger partial charge in [0.1, 0.15) is 13.2 Å². The number of hydrogen-bond donors (Lipinski definition) is 1. The van der Waals surface area contributed by atoms with E-state index < -0.39 is 5.41 Å². The zero-order valence-corrected chi connectivity index (χ0v) is 14.1. The molecule has 2 aromatic carbocycles. The lowest BCUT2D eigenvalue weighted by atomic mass is 9.83. The summed E-state index contributed by atoms with van der Waals surface area (Å²) in [5, 5.41) is 2.95. The molecule has 1 N–H and O–H groups in total. The van der Waals surface area contributed by atoms with Crippen LogP contribution in [0.15, 0.2) is 36.4 Å². The van der Waals surface area contributed by atoms with Gasteiger partial charge >= 0.3 is 0 Å². The number of ether oxygens (including phenoxy) is 4. The van der Waals surface area contributed by atoms with Gasteiger partial charge in [0, 0.05) is 11.8 Å². The fourth-order valence-corrected chi connectivity index (χ4v) is 2.82. The second-order valence-corrected chi connectivity index (χ2v) is 6.51. The highest BCUT2D eigenvalue weighted by atomic mass is 16.7. The third-order valence-corrected chi connectivity index (χ3v) is 4.46. The molecule has 0 fully saturated rings. The van der Waals surface area contributed by atoms with Crippen LogP contribution in [-0.4, -0.2) is 25.9 Å². The van der Waals surface area contributed by atoms with Crippen molar-refractivity contribution in [3.63, 3.8) is 0 Å². The maximum absolute atomic E-state index is 12.8. The standard InChI is InChI=1S/C19H19NO5/c1-19(2,12-3-5-15-16(9-12)25-11-24-15)18(21)20-13-4-6-14-17(10-13)23-8-7-22-14/h3-6,9-10H,7-8,11H2,1-2H3,(H,20,21). The second kappa shape index (κ2) is 5.88. The highest BCUT2D eigenvalue weighted by Crippen LogP contribution is 2.37. The lowest BCUT2D eigenvalue weighted by Gasteiger charge is -2.25. The van der Waals surface area contributed by atoms with Gasteiger partial charge in [-0.15, -0.1) is 0 Å². The van der Waals surface area contributed by atoms with E-state index in [0.29, 0.717) is 41.9 Å². The first-order valence-electron chi connectivity index (χ1n) is 8.15. The van der Waals surface area contributed by atoms with Gasteiger partial charge in [0.2, 0.25) is 12.7 Å². The monoisotopic (exact) mass is 341 g/mol. The van der Waals surface area contributed by atoms with Gasteiger partial charge < -0.3 is 24.3 Å². The summed E-state index contributed by atoms with van der Waals surface area (Å²) < 4.78 is 21.8. The molecule has 0 atom stereocenters. The number of rotatable bonds is 3. The maximum atomic E-state index is 12.8. The Morgan fingerprint density at radius 2 is 1.52 bits per heavy atom. The SMILES string of the molecule is CC(C)(C(=O)Nc1ccc2c(c1)OCCO2)c1ccc2c(c1)OCO2. The molecule has 2 aliphatic heterocycles. The molecule has 0 saturated heterocycles. The third kappa shape index (κ3) is 2.84. The Hall–Kier alpha value is -2.89. The number of nitrogens with one attached hydrogen (secondary N) is 1. The molecule has 1 amide bonds. The van der Waals surface area contributed by atoms with Gasteiger partial charge in [-0.3, -0.25) is 4.79 Å². The molecule has 0 radical (unpaired) electrons. The molecule has 0 saturated carbocycles. The summed E-state index contributed by atoms with van der Waals surface area (Å²) in [6, 6.07) is 11.0. The Morgan fingerprint density at radius 3 is 2.36 bits per heavy atom. The van der Waals surface area contributed by atoms with Gasteiger partial charge in [-0.1, -0.05) is 6.07 Å². The minimum Gasteiger partial charge on any atom is -0.486 e. The van der Waals surface area contributed by atoms with Crippen LogP contribution in [0.5, 0.6) is 23.0 Å². The Morgan fingerprint density at radius 1 is 0.880 bits per heavy atom. The molecule has 25 heavy (non-hydrogen) atoms. The van der Waals surface area contributed by atoms with Crippen molar-refractivity contribution < 1.29 is 23.7 Å². The molecule has 0 unspecified atom stereocenters. The van der Waals surface area contributed by atoms with Crippen molar-refractivity contribution in [1.29, 1.82) is 0 Å². The summed E-state index contributed by atoms with van der Waals surface area (Å²) in [6.07, 6.45) is 0. The van der Waals surface area contributed by atoms with E-state index in [2.05, 4.69) is 5.32 Å². The van der Waals surface area contributed by atoms with Crippen LogP contribution < -0.4 is 24.3 Å². The number of benzene rings is 2. The molecular weight excluding hydrogens is 322 g/mol. The molecule has 130 valence electrons. The van der Waals surface area contributed by atoms with Crippen LogP contribution in [0.25, 0.3) is 0 Å². The molecule has 2 aromatic rings. The molecule has 2 heterocycles. The number of hydrogen-bond acceptors (Lipinski definition) is 5. The number of fused-ring (bicyclic) bond motifs is 2. The fourth-order valence-electron chi connectivity index (χ4n) is 2.82. The van der Waals surface area contributed by atoms with Crippen LogP contribution >= 0.6 is 0 Å². The Balaban J connectivity index is 1.55. The third-order valence-electron chi connectivity index (χ3n) is 4.46. The molecule has 0 aliphatic carbocycles. The van der Waals surface area contributed by atoms with Gasteiger partial charge in [0.25, 0.3) is 0 Å². The van der Waals surface area contributed by atoms with Gasteiger partial charge in [-0.05, 0) is 43.7 Å². The minimum atomic E-state index is -0.742. The number of amides is 1. The fraction of sp³-hybridized carbons (Fsp3) is 0.316. The number of carbonyl (C=O) groups is 1. The van der Waals surface area contributed by atoms with Crippen LogP contribution in [0.4, 0.5) is 5.69 Å². The van der Waals surface area contributed by atoms with E-state index in [-0.39, 0.29) is 12.7 Å². The molecule has 6 nitrogen and oxygen atoms in total. The Bertz CT molecular complexity index is 831. The molecule has 0 aromatic heterocycles. The quantitative estimate of drug-likeness (QED) is 0.929. The summed E-state index contributed by atoms with van der Waals surface area (Å²) >= 11 is 0. The highest BCUT2D eigenvalue weighted by Gasteiger charge is 2.31. The second-order valence-electron chi connectivity index (χ2n) is 6.51. The summed E-state index contributed by atoms with van der Waals surface area (Å²) in [7, 11) is 0. The predicted molar refractivity (Wildman–Crippen MR) is 91.7 cm³/mol. The Kier molecular flexibility index (Phi) is 3.67. The lowest BCUT2D eigenvalue weighted by molar-refractivity contribution is -0.120. The molecule has 2 aliphatic rings. The van der Waals surface area contributed by atoms with Crippen molar-refractivity contribution >= 4 is 11.6 Å². The van der Waals surface area contributed by atoms with Gasteiger partial charge in [0.15, 0.2) is 23.0 Å². The van der Waals surface area contributed by atoms with E-state index in [1.807, 2.05) is 32.0 Å². The van der Waals surface area contributed by atoms with Crippen LogP contribution in [0, 0.1) is 0 Å². The first-order chi connectivity index (χ1) is 12.0. The van der Waals surface area contributed by atoms with Crippen molar-refractivity contribution in [3.8, 4) is 23.0 Å². The van der Waals surface area contributed by atoms with E-state index in [1.54, 1.807) is 18.2 Å². The van der Waals surface area contributed by atoms with E-state index in [0.717, 1.165) is 5.56 Å². The van der Waals surface area contributed by atoms with Crippen molar-refractivity contribution in [2.75, 3.05) is 25.3 Å². The zero-order chi connectivity index (χ0) is 17.4. The average Bonchev–Trinajstić information content (AvgIpc) is 3.09. The normalized spacial score (nSPS) is 15.0. The molecule has 0 spiro atoms. The van der Waals surface area contributed by atoms with Gasteiger partial charge in [0.05, 0.1) is 5.41 Å². The molecular formula is C19H19NO5. The first-order valence-corrected chi connectivity index (χ1v) is 8.15. The lowest BCUT2D eigenvalue weighted by Crippen LogP contribution is -2.34. The zero-order valence-electron chi connectivity index (χ0n) is 14.1. The van der Waals surface area contributed by atoms with Crippen molar-refractivity contribution in [3.05, 3.63) is 42.0 Å². The predicted octanol–water partition coefficient (Wildman–Crippen LogP) is 3.10. The van der Waals surface area contributed by atoms with Crippen molar-refractivity contribution in [2.45, 2.75) is 19.3 Å². The van der Waals surface area contributed by atoms with E-state index in [1.165, 1.54) is 0 Å². The largest absolute Gasteiger partial charge is 0.486 e. The van der Waals surface area contributed by atoms with Crippen LogP contribution in [-0.2, 0) is 10.2 Å². The number of carbonyl (C=O) groups excluding carboxylic acids is 1. The summed E-state index contributed by atoms with van der Waals surface area (Å²) in [5.41, 5.74) is 0.781. The van der Waals surface area contributed by atoms with E-state index in [4.69, 9.17) is 18.9 Å². The topological polar surface area (TPSA) is 66.0 Å². The molecule has 0 bridgehead atoms. The minimum absolute atomic E-state index is 0.122. The van der Waals surface area contributed by atoms with Crippen LogP contribution in [0.1, 0.15) is 19.4 Å². The highest BCUT2D eigenvalue weighted by molar-refractivity contribution is 5.98. The van der Waals surface area contributed by atoms with Crippen LogP contribution in [0.2, 0.25) is 0 Å². The molecule has 4 rings (SSSR count). The number of anilines is 1. The van der Waals surface area contributed by atoms with Gasteiger partial charge in [-0.2, -0.15) is 0 Å². The van der Waals surface area contributed by atoms with E-state index >= 15 is 0 Å². The smallest absolute Gasteiger partial charge is 0.234 e. The van der Waals surface area contributed by atoms with Crippen molar-refractivity contribution in [1.82, 2.24) is 0 Å². The summed E-state index contributed by atoms with van der Waals surface area (Å²) in [4.78, 5) is 12.8. The maximum Gasteiger partial charge on any atom is 0.234 e. The summed E-state index contributed by atoms with van der Waals surface area (Å²) in [6.45, 7) is 5.00. The Labute approximate surface area is 145 Å².